The molecule has 0 bridgehead atoms. The van der Waals surface area contributed by atoms with Crippen LogP contribution >= 0.6 is 27.7 Å². The van der Waals surface area contributed by atoms with E-state index in [4.69, 9.17) is 4.42 Å². The summed E-state index contributed by atoms with van der Waals surface area (Å²) in [6.07, 6.45) is 0.889. The van der Waals surface area contributed by atoms with Crippen molar-refractivity contribution < 1.29 is 4.42 Å². The van der Waals surface area contributed by atoms with Gasteiger partial charge in [0.25, 0.3) is 11.1 Å². The summed E-state index contributed by atoms with van der Waals surface area (Å²) in [4.78, 5) is 3.43. The summed E-state index contributed by atoms with van der Waals surface area (Å²) in [5, 5.41) is 10.2. The lowest BCUT2D eigenvalue weighted by molar-refractivity contribution is 0.464. The van der Waals surface area contributed by atoms with Crippen molar-refractivity contribution >= 4 is 38.6 Å². The average Bonchev–Trinajstić information content (AvgIpc) is 3.25. The Morgan fingerprint density at radius 3 is 2.69 bits per heavy atom. The summed E-state index contributed by atoms with van der Waals surface area (Å²) in [6.45, 7) is 4.22. The Labute approximate surface area is 164 Å². The standard InChI is InChI=1S/C20H18BrN3OS/c1-3-15-16-10-14(21)8-9-17(16)22-18(15)19-23-24-20(25-19)26-11-13-6-4-12(2)5-7-13/h4-10,22H,3,11H2,1-2H3. The van der Waals surface area contributed by atoms with Crippen LogP contribution in [0.25, 0.3) is 22.5 Å². The molecule has 0 saturated carbocycles. The van der Waals surface area contributed by atoms with Crippen LogP contribution in [0.4, 0.5) is 0 Å². The maximum absolute atomic E-state index is 5.92. The molecule has 2 aromatic carbocycles. The molecule has 0 fully saturated rings. The predicted molar refractivity (Wildman–Crippen MR) is 109 cm³/mol. The van der Waals surface area contributed by atoms with Gasteiger partial charge in [-0.2, -0.15) is 0 Å². The van der Waals surface area contributed by atoms with E-state index in [2.05, 4.69) is 81.4 Å². The highest BCUT2D eigenvalue weighted by molar-refractivity contribution is 9.10. The summed E-state index contributed by atoms with van der Waals surface area (Å²) in [5.41, 5.74) is 5.68. The van der Waals surface area contributed by atoms with Crippen LogP contribution in [-0.2, 0) is 12.2 Å². The van der Waals surface area contributed by atoms with Gasteiger partial charge in [-0.05, 0) is 42.7 Å². The third-order valence-corrected chi connectivity index (χ3v) is 5.71. The van der Waals surface area contributed by atoms with Crippen molar-refractivity contribution in [2.45, 2.75) is 31.2 Å². The van der Waals surface area contributed by atoms with Gasteiger partial charge in [0.15, 0.2) is 0 Å². The molecule has 0 saturated heterocycles. The minimum absolute atomic E-state index is 0.542. The number of benzene rings is 2. The van der Waals surface area contributed by atoms with E-state index in [1.165, 1.54) is 22.1 Å². The highest BCUT2D eigenvalue weighted by Crippen LogP contribution is 2.33. The molecule has 132 valence electrons. The monoisotopic (exact) mass is 427 g/mol. The Morgan fingerprint density at radius 2 is 1.92 bits per heavy atom. The van der Waals surface area contributed by atoms with Crippen LogP contribution in [0.1, 0.15) is 23.6 Å². The van der Waals surface area contributed by atoms with Crippen molar-refractivity contribution in [3.63, 3.8) is 0 Å². The van der Waals surface area contributed by atoms with Gasteiger partial charge in [-0.3, -0.25) is 0 Å². The molecule has 0 amide bonds. The van der Waals surface area contributed by atoms with E-state index in [0.717, 1.165) is 27.9 Å². The highest BCUT2D eigenvalue weighted by Gasteiger charge is 2.17. The van der Waals surface area contributed by atoms with Crippen molar-refractivity contribution in [3.05, 3.63) is 63.6 Å². The minimum atomic E-state index is 0.542. The van der Waals surface area contributed by atoms with Crippen molar-refractivity contribution in [1.29, 1.82) is 0 Å². The lowest BCUT2D eigenvalue weighted by Gasteiger charge is -1.99. The molecular formula is C20H18BrN3OS. The van der Waals surface area contributed by atoms with Crippen LogP contribution in [-0.4, -0.2) is 15.2 Å². The van der Waals surface area contributed by atoms with Crippen LogP contribution in [0, 0.1) is 6.92 Å². The lowest BCUT2D eigenvalue weighted by Crippen LogP contribution is -1.84. The van der Waals surface area contributed by atoms with Gasteiger partial charge in [-0.15, -0.1) is 10.2 Å². The quantitative estimate of drug-likeness (QED) is 0.388. The second-order valence-corrected chi connectivity index (χ2v) is 8.01. The topological polar surface area (TPSA) is 54.7 Å². The number of fused-ring (bicyclic) bond motifs is 1. The fraction of sp³-hybridized carbons (Fsp3) is 0.200. The van der Waals surface area contributed by atoms with E-state index in [-0.39, 0.29) is 0 Å². The van der Waals surface area contributed by atoms with Crippen LogP contribution < -0.4 is 0 Å². The molecule has 4 nitrogen and oxygen atoms in total. The number of nitrogens with one attached hydrogen (secondary N) is 1. The van der Waals surface area contributed by atoms with E-state index < -0.39 is 0 Å². The zero-order valence-corrected chi connectivity index (χ0v) is 16.9. The van der Waals surface area contributed by atoms with Crippen molar-refractivity contribution in [2.75, 3.05) is 0 Å². The van der Waals surface area contributed by atoms with Crippen LogP contribution in [0.5, 0.6) is 0 Å². The molecular weight excluding hydrogens is 410 g/mol. The number of rotatable bonds is 5. The van der Waals surface area contributed by atoms with Gasteiger partial charge in [-0.1, -0.05) is 64.4 Å². The normalized spacial score (nSPS) is 11.3. The molecule has 0 atom stereocenters. The zero-order chi connectivity index (χ0) is 18.1. The number of aromatic amines is 1. The fourth-order valence-electron chi connectivity index (χ4n) is 2.97. The van der Waals surface area contributed by atoms with Crippen LogP contribution in [0.3, 0.4) is 0 Å². The summed E-state index contributed by atoms with van der Waals surface area (Å²) < 4.78 is 6.98. The third-order valence-electron chi connectivity index (χ3n) is 4.32. The van der Waals surface area contributed by atoms with Gasteiger partial charge in [0, 0.05) is 21.1 Å². The van der Waals surface area contributed by atoms with E-state index >= 15 is 0 Å². The van der Waals surface area contributed by atoms with Gasteiger partial charge in [-0.25, -0.2) is 0 Å². The molecule has 6 heteroatoms. The van der Waals surface area contributed by atoms with E-state index in [0.29, 0.717) is 11.1 Å². The average molecular weight is 428 g/mol. The van der Waals surface area contributed by atoms with Crippen molar-refractivity contribution in [1.82, 2.24) is 15.2 Å². The minimum Gasteiger partial charge on any atom is -0.410 e. The van der Waals surface area contributed by atoms with E-state index in [9.17, 15) is 0 Å². The first kappa shape index (κ1) is 17.4. The second kappa shape index (κ2) is 7.29. The molecule has 0 spiro atoms. The first-order chi connectivity index (χ1) is 12.6. The second-order valence-electron chi connectivity index (χ2n) is 6.17. The number of nitrogens with zero attached hydrogens (tertiary/aromatic N) is 2. The lowest BCUT2D eigenvalue weighted by atomic mass is 10.1. The molecule has 0 aliphatic heterocycles. The number of hydrogen-bond acceptors (Lipinski definition) is 4. The highest BCUT2D eigenvalue weighted by atomic mass is 79.9. The maximum Gasteiger partial charge on any atom is 0.277 e. The largest absolute Gasteiger partial charge is 0.410 e. The van der Waals surface area contributed by atoms with Crippen LogP contribution in [0.15, 0.2) is 56.6 Å². The molecule has 0 unspecified atom stereocenters. The smallest absolute Gasteiger partial charge is 0.277 e. The molecule has 4 rings (SSSR count). The number of hydrogen-bond donors (Lipinski definition) is 1. The molecule has 0 aliphatic rings. The Bertz CT molecular complexity index is 1050. The van der Waals surface area contributed by atoms with Crippen LogP contribution in [0.2, 0.25) is 0 Å². The number of H-pyrrole nitrogens is 1. The van der Waals surface area contributed by atoms with Crippen molar-refractivity contribution in [2.24, 2.45) is 0 Å². The Balaban J connectivity index is 1.59. The number of thioether (sulfide) groups is 1. The first-order valence-corrected chi connectivity index (χ1v) is 10.2. The SMILES string of the molecule is CCc1c(-c2nnc(SCc3ccc(C)cc3)o2)[nH]c2ccc(Br)cc12. The molecule has 1 N–H and O–H groups in total. The Kier molecular flexibility index (Phi) is 4.87. The predicted octanol–water partition coefficient (Wildman–Crippen LogP) is 6.14. The summed E-state index contributed by atoms with van der Waals surface area (Å²) in [7, 11) is 0. The van der Waals surface area contributed by atoms with Crippen molar-refractivity contribution in [3.8, 4) is 11.6 Å². The van der Waals surface area contributed by atoms with Gasteiger partial charge >= 0.3 is 0 Å². The van der Waals surface area contributed by atoms with Gasteiger partial charge in [0.1, 0.15) is 5.69 Å². The third kappa shape index (κ3) is 3.44. The fourth-order valence-corrected chi connectivity index (χ4v) is 4.05. The molecule has 0 radical (unpaired) electrons. The first-order valence-electron chi connectivity index (χ1n) is 8.46. The van der Waals surface area contributed by atoms with E-state index in [1.807, 2.05) is 6.07 Å². The molecule has 4 aromatic rings. The summed E-state index contributed by atoms with van der Waals surface area (Å²) >= 11 is 5.10. The maximum atomic E-state index is 5.92. The molecule has 2 aromatic heterocycles. The van der Waals surface area contributed by atoms with Gasteiger partial charge in [0.2, 0.25) is 0 Å². The Morgan fingerprint density at radius 1 is 1.12 bits per heavy atom. The molecule has 0 aliphatic carbocycles. The molecule has 26 heavy (non-hydrogen) atoms. The summed E-state index contributed by atoms with van der Waals surface area (Å²) in [6, 6.07) is 14.7. The van der Waals surface area contributed by atoms with Gasteiger partial charge in [0.05, 0.1) is 0 Å². The number of aryl methyl sites for hydroxylation is 2. The summed E-state index contributed by atoms with van der Waals surface area (Å²) in [5.74, 6) is 1.35. The molecule has 2 heterocycles. The zero-order valence-electron chi connectivity index (χ0n) is 14.5. The van der Waals surface area contributed by atoms with Gasteiger partial charge < -0.3 is 9.40 Å². The Hall–Kier alpha value is -2.05. The van der Waals surface area contributed by atoms with E-state index in [1.54, 1.807) is 11.8 Å². The number of halogens is 1. The number of aromatic nitrogens is 3.